The molecular formula is C17H18F3N3O4S2. The van der Waals surface area contributed by atoms with Crippen LogP contribution >= 0.6 is 11.3 Å². The molecule has 1 aliphatic rings. The van der Waals surface area contributed by atoms with Gasteiger partial charge >= 0.3 is 6.18 Å². The van der Waals surface area contributed by atoms with Crippen molar-refractivity contribution in [3.63, 3.8) is 0 Å². The van der Waals surface area contributed by atoms with Crippen molar-refractivity contribution in [2.75, 3.05) is 19.3 Å². The van der Waals surface area contributed by atoms with Gasteiger partial charge in [0, 0.05) is 30.8 Å². The molecule has 1 fully saturated rings. The minimum atomic E-state index is -4.64. The van der Waals surface area contributed by atoms with Crippen LogP contribution in [0.2, 0.25) is 0 Å². The van der Waals surface area contributed by atoms with Gasteiger partial charge in [-0.25, -0.2) is 8.42 Å². The SMILES string of the molecule is Cc1c(-c2ccc(C(=O)N3CCCC(/C=N/S(C)(=O)=O)C3)s2)noc1C(F)(F)F. The van der Waals surface area contributed by atoms with Crippen LogP contribution in [0.25, 0.3) is 10.6 Å². The molecule has 1 atom stereocenters. The molecule has 158 valence electrons. The first-order valence-corrected chi connectivity index (χ1v) is 11.3. The molecule has 1 saturated heterocycles. The summed E-state index contributed by atoms with van der Waals surface area (Å²) in [7, 11) is -3.48. The molecule has 0 bridgehead atoms. The van der Waals surface area contributed by atoms with Gasteiger partial charge in [-0.15, -0.1) is 11.3 Å². The molecule has 0 spiro atoms. The van der Waals surface area contributed by atoms with E-state index in [1.807, 2.05) is 0 Å². The third-order valence-electron chi connectivity index (χ3n) is 4.44. The number of sulfonamides is 1. The first-order chi connectivity index (χ1) is 13.5. The molecule has 1 aliphatic heterocycles. The maximum Gasteiger partial charge on any atom is 0.452 e. The summed E-state index contributed by atoms with van der Waals surface area (Å²) < 4.78 is 69.0. The Kier molecular flexibility index (Phi) is 5.86. The number of amides is 1. The van der Waals surface area contributed by atoms with E-state index in [2.05, 4.69) is 14.1 Å². The van der Waals surface area contributed by atoms with Crippen LogP contribution in [0.3, 0.4) is 0 Å². The topological polar surface area (TPSA) is 92.8 Å². The van der Waals surface area contributed by atoms with Crippen LogP contribution in [-0.4, -0.2) is 49.9 Å². The van der Waals surface area contributed by atoms with Gasteiger partial charge in [-0.1, -0.05) is 5.16 Å². The number of rotatable bonds is 4. The van der Waals surface area contributed by atoms with Crippen LogP contribution in [0, 0.1) is 12.8 Å². The van der Waals surface area contributed by atoms with Gasteiger partial charge < -0.3 is 9.42 Å². The minimum Gasteiger partial charge on any atom is -0.351 e. The van der Waals surface area contributed by atoms with Gasteiger partial charge in [0.25, 0.3) is 5.91 Å². The van der Waals surface area contributed by atoms with Gasteiger partial charge in [-0.05, 0) is 31.9 Å². The highest BCUT2D eigenvalue weighted by atomic mass is 32.2. The number of hydrogen-bond donors (Lipinski definition) is 0. The Labute approximate surface area is 169 Å². The summed E-state index contributed by atoms with van der Waals surface area (Å²) in [6.07, 6.45) is -0.870. The average molecular weight is 449 g/mol. The van der Waals surface area contributed by atoms with Crippen LogP contribution < -0.4 is 0 Å². The fourth-order valence-electron chi connectivity index (χ4n) is 3.08. The highest BCUT2D eigenvalue weighted by Gasteiger charge is 2.39. The maximum absolute atomic E-state index is 12.9. The van der Waals surface area contributed by atoms with Crippen molar-refractivity contribution in [1.82, 2.24) is 10.1 Å². The predicted molar refractivity (Wildman–Crippen MR) is 102 cm³/mol. The lowest BCUT2D eigenvalue weighted by atomic mass is 9.99. The van der Waals surface area contributed by atoms with Gasteiger partial charge in [-0.2, -0.15) is 17.6 Å². The molecule has 2 aromatic heterocycles. The van der Waals surface area contributed by atoms with E-state index in [9.17, 15) is 26.4 Å². The van der Waals surface area contributed by atoms with E-state index in [4.69, 9.17) is 0 Å². The Hall–Kier alpha value is -2.21. The van der Waals surface area contributed by atoms with Crippen LogP contribution in [0.15, 0.2) is 21.1 Å². The first kappa shape index (κ1) is 21.5. The van der Waals surface area contributed by atoms with E-state index in [1.54, 1.807) is 4.90 Å². The van der Waals surface area contributed by atoms with Crippen molar-refractivity contribution in [3.8, 4) is 10.6 Å². The number of thiophene rings is 1. The number of piperidine rings is 1. The molecule has 7 nitrogen and oxygen atoms in total. The van der Waals surface area contributed by atoms with Crippen molar-refractivity contribution in [3.05, 3.63) is 28.3 Å². The molecule has 0 aliphatic carbocycles. The van der Waals surface area contributed by atoms with Gasteiger partial charge in [0.15, 0.2) is 0 Å². The van der Waals surface area contributed by atoms with E-state index in [-0.39, 0.29) is 23.1 Å². The maximum atomic E-state index is 12.9. The van der Waals surface area contributed by atoms with Crippen molar-refractivity contribution < 1.29 is 30.9 Å². The molecule has 12 heteroatoms. The zero-order valence-electron chi connectivity index (χ0n) is 15.6. The van der Waals surface area contributed by atoms with Crippen molar-refractivity contribution >= 4 is 33.5 Å². The van der Waals surface area contributed by atoms with Crippen molar-refractivity contribution in [1.29, 1.82) is 0 Å². The fourth-order valence-corrected chi connectivity index (χ4v) is 4.48. The van der Waals surface area contributed by atoms with E-state index < -0.39 is 22.0 Å². The van der Waals surface area contributed by atoms with Crippen LogP contribution in [0.1, 0.15) is 33.8 Å². The smallest absolute Gasteiger partial charge is 0.351 e. The second kappa shape index (κ2) is 7.90. The lowest BCUT2D eigenvalue weighted by Crippen LogP contribution is -2.40. The van der Waals surface area contributed by atoms with Gasteiger partial charge in [0.2, 0.25) is 15.8 Å². The fraction of sp³-hybridized carbons (Fsp3) is 0.471. The summed E-state index contributed by atoms with van der Waals surface area (Å²) in [6, 6.07) is 3.08. The molecular weight excluding hydrogens is 431 g/mol. The van der Waals surface area contributed by atoms with Crippen LogP contribution in [-0.2, 0) is 16.2 Å². The largest absolute Gasteiger partial charge is 0.452 e. The Morgan fingerprint density at radius 2 is 2.14 bits per heavy atom. The molecule has 29 heavy (non-hydrogen) atoms. The molecule has 1 amide bonds. The summed E-state index contributed by atoms with van der Waals surface area (Å²) >= 11 is 1.03. The third-order valence-corrected chi connectivity index (χ3v) is 6.02. The summed E-state index contributed by atoms with van der Waals surface area (Å²) in [5.41, 5.74) is -0.0773. The molecule has 0 radical (unpaired) electrons. The third kappa shape index (κ3) is 5.04. The number of nitrogens with zero attached hydrogens (tertiary/aromatic N) is 3. The number of alkyl halides is 3. The zero-order chi connectivity index (χ0) is 21.4. The second-order valence-corrected chi connectivity index (χ2v) is 9.55. The number of carbonyl (C=O) groups is 1. The molecule has 3 rings (SSSR count). The van der Waals surface area contributed by atoms with Gasteiger partial charge in [0.05, 0.1) is 16.0 Å². The standard InChI is InChI=1S/C17H18F3N3O4S2/c1-10-14(22-27-15(10)17(18,19)20)12-5-6-13(28-12)16(24)23-7-3-4-11(9-23)8-21-29(2,25)26/h5-6,8,11H,3-4,7,9H2,1-2H3/b21-8+. The van der Waals surface area contributed by atoms with Crippen LogP contribution in [0.5, 0.6) is 0 Å². The lowest BCUT2D eigenvalue weighted by Gasteiger charge is -2.30. The molecule has 0 N–H and O–H groups in total. The summed E-state index contributed by atoms with van der Waals surface area (Å²) in [4.78, 5) is 15.1. The monoisotopic (exact) mass is 449 g/mol. The number of carbonyl (C=O) groups excluding carboxylic acids is 1. The average Bonchev–Trinajstić information content (AvgIpc) is 3.25. The predicted octanol–water partition coefficient (Wildman–Crippen LogP) is 3.61. The van der Waals surface area contributed by atoms with E-state index >= 15 is 0 Å². The second-order valence-electron chi connectivity index (χ2n) is 6.79. The minimum absolute atomic E-state index is 0.0539. The first-order valence-electron chi connectivity index (χ1n) is 8.64. The Morgan fingerprint density at radius 3 is 2.76 bits per heavy atom. The number of hydrogen-bond acceptors (Lipinski definition) is 6. The van der Waals surface area contributed by atoms with Crippen molar-refractivity contribution in [2.24, 2.45) is 10.3 Å². The van der Waals surface area contributed by atoms with Gasteiger partial charge in [-0.3, -0.25) is 4.79 Å². The summed E-state index contributed by atoms with van der Waals surface area (Å²) in [6.45, 7) is 2.11. The summed E-state index contributed by atoms with van der Waals surface area (Å²) in [5, 5.41) is 3.51. The summed E-state index contributed by atoms with van der Waals surface area (Å²) in [5.74, 6) is -1.59. The molecule has 1 unspecified atom stereocenters. The molecule has 3 heterocycles. The van der Waals surface area contributed by atoms with Gasteiger partial charge in [0.1, 0.15) is 5.69 Å². The number of aromatic nitrogens is 1. The zero-order valence-corrected chi connectivity index (χ0v) is 17.2. The van der Waals surface area contributed by atoms with Crippen molar-refractivity contribution in [2.45, 2.75) is 25.9 Å². The highest BCUT2D eigenvalue weighted by Crippen LogP contribution is 2.38. The Morgan fingerprint density at radius 1 is 1.41 bits per heavy atom. The Balaban J connectivity index is 1.76. The number of halogens is 3. The molecule has 0 saturated carbocycles. The molecule has 0 aromatic carbocycles. The molecule has 2 aromatic rings. The Bertz CT molecular complexity index is 1040. The normalized spacial score (nSPS) is 18.5. The number of likely N-dealkylation sites (tertiary alicyclic amines) is 1. The van der Waals surface area contributed by atoms with Crippen LogP contribution in [0.4, 0.5) is 13.2 Å². The van der Waals surface area contributed by atoms with E-state index in [1.165, 1.54) is 25.3 Å². The van der Waals surface area contributed by atoms with E-state index in [0.717, 1.165) is 24.0 Å². The lowest BCUT2D eigenvalue weighted by molar-refractivity contribution is -0.156. The quantitative estimate of drug-likeness (QED) is 0.665. The van der Waals surface area contributed by atoms with E-state index in [0.29, 0.717) is 29.3 Å². The highest BCUT2D eigenvalue weighted by molar-refractivity contribution is 7.89.